The predicted molar refractivity (Wildman–Crippen MR) is 217 cm³/mol. The van der Waals surface area contributed by atoms with Crippen LogP contribution in [0.25, 0.3) is 0 Å². The number of benzene rings is 2. The summed E-state index contributed by atoms with van der Waals surface area (Å²) < 4.78 is 54.3. The van der Waals surface area contributed by atoms with Crippen molar-refractivity contribution in [1.82, 2.24) is 22.7 Å². The number of esters is 1. The second kappa shape index (κ2) is 18.9. The number of carbonyl (C=O) groups is 5. The molecule has 316 valence electrons. The molecule has 58 heavy (non-hydrogen) atoms. The van der Waals surface area contributed by atoms with Crippen LogP contribution in [0.5, 0.6) is 0 Å². The zero-order chi connectivity index (χ0) is 41.7. The van der Waals surface area contributed by atoms with Crippen LogP contribution >= 0.6 is 34.5 Å². The number of urea groups is 1. The standard InChI is InChI=1S/C39H48ClF3IN7O7/c1-47(44)33(52)23-57-36(54)31-8-4-5-14-50(31)26-10-15-48(16-11-26)35(53)32(22-24-20-28(39(41,42)43)34(45)29(40)21-24)58-38(56)49-17-12-27(13-18-49)51-19-9-25-6-2-3-7-30(25)46-37(51)55/h2-3,6-7,20-21,26-27,31-32H,4-5,8-19,22-23,45H2,1H3,(H,46,55)/t31-,32+/m0/s1. The number of halogens is 5. The van der Waals surface area contributed by atoms with E-state index in [4.69, 9.17) is 26.8 Å². The summed E-state index contributed by atoms with van der Waals surface area (Å²) in [7, 11) is 1.57. The molecule has 14 nitrogen and oxygen atoms in total. The molecule has 0 aliphatic carbocycles. The molecule has 4 aliphatic heterocycles. The van der Waals surface area contributed by atoms with Gasteiger partial charge in [0.15, 0.2) is 12.7 Å². The maximum absolute atomic E-state index is 14.2. The molecule has 3 N–H and O–H groups in total. The normalized spacial score (nSPS) is 20.4. The first-order valence-electron chi connectivity index (χ1n) is 19.5. The Morgan fingerprint density at radius 1 is 0.966 bits per heavy atom. The van der Waals surface area contributed by atoms with Crippen molar-refractivity contribution < 1.29 is 46.6 Å². The first kappa shape index (κ1) is 43.5. The Hall–Kier alpha value is -4.04. The number of hydrogen-bond donors (Lipinski definition) is 2. The van der Waals surface area contributed by atoms with E-state index in [1.54, 1.807) is 11.9 Å². The Bertz CT molecular complexity index is 1860. The number of hydrogen-bond acceptors (Lipinski definition) is 9. The molecule has 3 fully saturated rings. The molecule has 0 saturated carbocycles. The highest BCUT2D eigenvalue weighted by Gasteiger charge is 2.40. The van der Waals surface area contributed by atoms with Gasteiger partial charge in [0.1, 0.15) is 6.04 Å². The van der Waals surface area contributed by atoms with Gasteiger partial charge in [0.05, 0.1) is 39.1 Å². The van der Waals surface area contributed by atoms with Gasteiger partial charge in [0.2, 0.25) is 0 Å². The number of piperidine rings is 3. The van der Waals surface area contributed by atoms with Gasteiger partial charge in [-0.25, -0.2) is 9.59 Å². The fourth-order valence-corrected chi connectivity index (χ4v) is 8.68. The van der Waals surface area contributed by atoms with Crippen LogP contribution in [-0.2, 0) is 42.9 Å². The third kappa shape index (κ3) is 10.4. The molecule has 2 atom stereocenters. The van der Waals surface area contributed by atoms with Crippen LogP contribution in [0.3, 0.4) is 0 Å². The maximum Gasteiger partial charge on any atom is 0.418 e. The molecule has 0 unspecified atom stereocenters. The third-order valence-corrected chi connectivity index (χ3v) is 12.3. The molecule has 0 spiro atoms. The minimum atomic E-state index is -4.82. The fraction of sp³-hybridized carbons (Fsp3) is 0.564. The lowest BCUT2D eigenvalue weighted by atomic mass is 9.94. The van der Waals surface area contributed by atoms with Gasteiger partial charge in [-0.3, -0.25) is 22.4 Å². The molecule has 6 rings (SSSR count). The minimum absolute atomic E-state index is 0.0151. The van der Waals surface area contributed by atoms with Crippen molar-refractivity contribution in [3.8, 4) is 0 Å². The van der Waals surface area contributed by atoms with E-state index in [2.05, 4.69) is 10.2 Å². The SMILES string of the molecule is CN(I)C(=O)COC(=O)[C@@H]1CCCCN1C1CCN(C(=O)[C@@H](Cc2cc(Cl)c(N)c(C(F)(F)F)c2)OC(=O)N2CCC(N3CCc4ccccc4NC3=O)CC2)CC1. The largest absolute Gasteiger partial charge is 0.454 e. The topological polar surface area (TPSA) is 158 Å². The molecule has 3 saturated heterocycles. The van der Waals surface area contributed by atoms with Gasteiger partial charge in [0, 0.05) is 64.0 Å². The Balaban J connectivity index is 1.12. The number of ether oxygens (including phenoxy) is 2. The summed E-state index contributed by atoms with van der Waals surface area (Å²) in [6.07, 6.45) is -2.64. The second-order valence-corrected chi connectivity index (χ2v) is 17.0. The quantitative estimate of drug-likeness (QED) is 0.139. The first-order valence-corrected chi connectivity index (χ1v) is 20.8. The number of para-hydroxylation sites is 1. The van der Waals surface area contributed by atoms with Gasteiger partial charge in [0.25, 0.3) is 11.8 Å². The number of alkyl halides is 3. The molecule has 0 radical (unpaired) electrons. The number of rotatable bonds is 9. The number of anilines is 2. The molecule has 2 aromatic carbocycles. The van der Waals surface area contributed by atoms with Crippen LogP contribution in [0, 0.1) is 0 Å². The Kier molecular flexibility index (Phi) is 14.2. The van der Waals surface area contributed by atoms with Gasteiger partial charge in [-0.15, -0.1) is 0 Å². The number of nitrogens with zero attached hydrogens (tertiary/aromatic N) is 5. The second-order valence-electron chi connectivity index (χ2n) is 15.1. The molecule has 0 aromatic heterocycles. The Morgan fingerprint density at radius 2 is 1.64 bits per heavy atom. The predicted octanol–water partition coefficient (Wildman–Crippen LogP) is 5.74. The fourth-order valence-electron chi connectivity index (χ4n) is 8.30. The number of nitrogens with two attached hydrogens (primary N) is 1. The molecular weight excluding hydrogens is 898 g/mol. The van der Waals surface area contributed by atoms with Crippen molar-refractivity contribution >= 4 is 75.7 Å². The summed E-state index contributed by atoms with van der Waals surface area (Å²) in [6.45, 7) is 1.76. The molecule has 0 bridgehead atoms. The van der Waals surface area contributed by atoms with Crippen molar-refractivity contribution in [3.05, 3.63) is 58.1 Å². The van der Waals surface area contributed by atoms with E-state index in [9.17, 15) is 37.1 Å². The van der Waals surface area contributed by atoms with E-state index < -0.39 is 47.5 Å². The summed E-state index contributed by atoms with van der Waals surface area (Å²) in [5.74, 6) is -1.38. The van der Waals surface area contributed by atoms with Crippen molar-refractivity contribution in [3.63, 3.8) is 0 Å². The average Bonchev–Trinajstić information content (AvgIpc) is 3.38. The van der Waals surface area contributed by atoms with Crippen molar-refractivity contribution in [1.29, 1.82) is 0 Å². The minimum Gasteiger partial charge on any atom is -0.454 e. The molecular formula is C39H48ClF3IN7O7. The third-order valence-electron chi connectivity index (χ3n) is 11.5. The van der Waals surface area contributed by atoms with Crippen molar-refractivity contribution in [2.75, 3.05) is 64.0 Å². The highest BCUT2D eigenvalue weighted by Crippen LogP contribution is 2.38. The number of amides is 5. The average molecular weight is 946 g/mol. The highest BCUT2D eigenvalue weighted by atomic mass is 127. The summed E-state index contributed by atoms with van der Waals surface area (Å²) in [5.41, 5.74) is 5.69. The van der Waals surface area contributed by atoms with E-state index in [1.165, 1.54) is 19.0 Å². The number of nitrogens with one attached hydrogen (secondary N) is 1. The molecule has 2 aromatic rings. The molecule has 19 heteroatoms. The van der Waals surface area contributed by atoms with Crippen molar-refractivity contribution in [2.24, 2.45) is 0 Å². The Labute approximate surface area is 353 Å². The van der Waals surface area contributed by atoms with E-state index in [0.29, 0.717) is 51.6 Å². The van der Waals surface area contributed by atoms with Gasteiger partial charge < -0.3 is 35.2 Å². The summed E-state index contributed by atoms with van der Waals surface area (Å²) >= 11 is 7.95. The van der Waals surface area contributed by atoms with Gasteiger partial charge in [-0.2, -0.15) is 13.2 Å². The molecule has 4 aliphatic rings. The van der Waals surface area contributed by atoms with Gasteiger partial charge in [-0.1, -0.05) is 36.2 Å². The molecule has 5 amide bonds. The number of likely N-dealkylation sites (tertiary alicyclic amines) is 3. The van der Waals surface area contributed by atoms with Crippen LogP contribution in [-0.4, -0.2) is 130 Å². The molecule has 4 heterocycles. The maximum atomic E-state index is 14.2. The smallest absolute Gasteiger partial charge is 0.418 e. The lowest BCUT2D eigenvalue weighted by Crippen LogP contribution is -2.56. The zero-order valence-electron chi connectivity index (χ0n) is 32.1. The number of nitrogen functional groups attached to an aromatic ring is 1. The number of likely N-dealkylation sites (N-methyl/N-ethyl adjacent to an activating group) is 1. The van der Waals surface area contributed by atoms with E-state index in [0.717, 1.165) is 30.2 Å². The zero-order valence-corrected chi connectivity index (χ0v) is 35.1. The van der Waals surface area contributed by atoms with E-state index in [1.807, 2.05) is 47.1 Å². The van der Waals surface area contributed by atoms with Crippen LogP contribution in [0.1, 0.15) is 61.6 Å². The highest BCUT2D eigenvalue weighted by molar-refractivity contribution is 14.1. The van der Waals surface area contributed by atoms with Crippen LogP contribution in [0.2, 0.25) is 5.02 Å². The van der Waals surface area contributed by atoms with Gasteiger partial charge in [-0.05, 0) is 80.8 Å². The summed E-state index contributed by atoms with van der Waals surface area (Å²) in [6, 6.07) is 8.72. The monoisotopic (exact) mass is 945 g/mol. The van der Waals surface area contributed by atoms with Crippen molar-refractivity contribution in [2.45, 2.75) is 88.2 Å². The summed E-state index contributed by atoms with van der Waals surface area (Å²) in [4.78, 5) is 73.0. The van der Waals surface area contributed by atoms with E-state index >= 15 is 0 Å². The first-order chi connectivity index (χ1) is 27.6. The van der Waals surface area contributed by atoms with Crippen LogP contribution in [0.4, 0.5) is 34.1 Å². The lowest BCUT2D eigenvalue weighted by molar-refractivity contribution is -0.158. The van der Waals surface area contributed by atoms with Gasteiger partial charge >= 0.3 is 24.3 Å². The summed E-state index contributed by atoms with van der Waals surface area (Å²) in [5, 5.41) is 2.63. The van der Waals surface area contributed by atoms with E-state index in [-0.39, 0.29) is 73.8 Å². The Morgan fingerprint density at radius 3 is 2.33 bits per heavy atom. The lowest BCUT2D eigenvalue weighted by Gasteiger charge is -2.44. The van der Waals surface area contributed by atoms with Crippen LogP contribution < -0.4 is 11.1 Å². The number of carbonyl (C=O) groups excluding carboxylic acids is 5. The number of fused-ring (bicyclic) bond motifs is 1. The van der Waals surface area contributed by atoms with Crippen LogP contribution in [0.15, 0.2) is 36.4 Å².